The zero-order valence-corrected chi connectivity index (χ0v) is 11.4. The van der Waals surface area contributed by atoms with E-state index in [1.807, 2.05) is 7.05 Å². The number of hydrogen-bond donors (Lipinski definition) is 1. The summed E-state index contributed by atoms with van der Waals surface area (Å²) in [6.45, 7) is 7.65. The fourth-order valence-corrected chi connectivity index (χ4v) is 2.24. The Morgan fingerprint density at radius 2 is 2.18 bits per heavy atom. The molecule has 4 nitrogen and oxygen atoms in total. The van der Waals surface area contributed by atoms with E-state index < -0.39 is 0 Å². The second-order valence-corrected chi connectivity index (χ2v) is 5.67. The maximum absolute atomic E-state index is 4.35. The quantitative estimate of drug-likeness (QED) is 0.823. The zero-order chi connectivity index (χ0) is 12.4. The van der Waals surface area contributed by atoms with Crippen molar-refractivity contribution in [2.75, 3.05) is 7.05 Å². The van der Waals surface area contributed by atoms with E-state index in [-0.39, 0.29) is 0 Å². The first kappa shape index (κ1) is 12.6. The average molecular weight is 236 g/mol. The van der Waals surface area contributed by atoms with Crippen LogP contribution >= 0.6 is 0 Å². The maximum Gasteiger partial charge on any atom is 0.0996 e. The van der Waals surface area contributed by atoms with Gasteiger partial charge in [-0.25, -0.2) is 4.68 Å². The van der Waals surface area contributed by atoms with Crippen LogP contribution in [-0.2, 0) is 13.0 Å². The Morgan fingerprint density at radius 1 is 1.47 bits per heavy atom. The van der Waals surface area contributed by atoms with E-state index >= 15 is 0 Å². The number of aromatic nitrogens is 3. The van der Waals surface area contributed by atoms with E-state index in [4.69, 9.17) is 0 Å². The summed E-state index contributed by atoms with van der Waals surface area (Å²) in [5, 5.41) is 11.9. The Morgan fingerprint density at radius 3 is 2.71 bits per heavy atom. The molecule has 1 heterocycles. The molecular weight excluding hydrogens is 212 g/mol. The lowest BCUT2D eigenvalue weighted by molar-refractivity contribution is 0.521. The van der Waals surface area contributed by atoms with Crippen LogP contribution in [0.15, 0.2) is 0 Å². The molecule has 0 radical (unpaired) electrons. The van der Waals surface area contributed by atoms with Gasteiger partial charge in [0, 0.05) is 6.54 Å². The molecule has 0 bridgehead atoms. The van der Waals surface area contributed by atoms with Crippen LogP contribution in [0.5, 0.6) is 0 Å². The Labute approximate surface area is 104 Å². The van der Waals surface area contributed by atoms with Crippen LogP contribution in [0.25, 0.3) is 0 Å². The van der Waals surface area contributed by atoms with E-state index in [2.05, 4.69) is 41.1 Å². The van der Waals surface area contributed by atoms with Crippen molar-refractivity contribution in [1.29, 1.82) is 0 Å². The molecule has 2 rings (SSSR count). The number of hydrogen-bond acceptors (Lipinski definition) is 3. The molecule has 0 amide bonds. The summed E-state index contributed by atoms with van der Waals surface area (Å²) in [7, 11) is 1.96. The Balaban J connectivity index is 2.14. The number of nitrogens with zero attached hydrogens (tertiary/aromatic N) is 3. The molecule has 0 aliphatic heterocycles. The van der Waals surface area contributed by atoms with E-state index in [1.165, 1.54) is 18.5 Å². The summed E-state index contributed by atoms with van der Waals surface area (Å²) in [6.07, 6.45) is 3.58. The molecule has 0 aromatic carbocycles. The van der Waals surface area contributed by atoms with Crippen LogP contribution in [0.2, 0.25) is 0 Å². The molecule has 2 atom stereocenters. The van der Waals surface area contributed by atoms with Crippen molar-refractivity contribution >= 4 is 0 Å². The Hall–Kier alpha value is -0.900. The molecule has 4 heteroatoms. The largest absolute Gasteiger partial charge is 0.314 e. The third-order valence-corrected chi connectivity index (χ3v) is 3.56. The van der Waals surface area contributed by atoms with Gasteiger partial charge >= 0.3 is 0 Å². The second-order valence-electron chi connectivity index (χ2n) is 5.67. The van der Waals surface area contributed by atoms with Gasteiger partial charge in [0.05, 0.1) is 17.4 Å². The first-order chi connectivity index (χ1) is 8.13. The van der Waals surface area contributed by atoms with Gasteiger partial charge in [-0.15, -0.1) is 5.10 Å². The Bertz CT molecular complexity index is 369. The maximum atomic E-state index is 4.35. The first-order valence-corrected chi connectivity index (χ1v) is 6.71. The van der Waals surface area contributed by atoms with Crippen molar-refractivity contribution in [3.8, 4) is 0 Å². The van der Waals surface area contributed by atoms with Gasteiger partial charge in [0.2, 0.25) is 0 Å². The predicted octanol–water partition coefficient (Wildman–Crippen LogP) is 2.17. The van der Waals surface area contributed by atoms with Crippen LogP contribution in [0, 0.1) is 11.8 Å². The Kier molecular flexibility index (Phi) is 3.82. The molecule has 96 valence electrons. The van der Waals surface area contributed by atoms with E-state index in [0.717, 1.165) is 30.5 Å². The molecule has 1 aliphatic carbocycles. The summed E-state index contributed by atoms with van der Waals surface area (Å²) in [5.74, 6) is 1.51. The standard InChI is InChI=1S/C13H24N4/c1-9(2)5-6-12-11(8-14-4)15-16-17(12)13-7-10(13)3/h9-10,13-14H,5-8H2,1-4H3. The number of rotatable bonds is 6. The lowest BCUT2D eigenvalue weighted by Gasteiger charge is -2.09. The highest BCUT2D eigenvalue weighted by atomic mass is 15.5. The summed E-state index contributed by atoms with van der Waals surface area (Å²) >= 11 is 0. The van der Waals surface area contributed by atoms with Gasteiger partial charge in [-0.2, -0.15) is 0 Å². The van der Waals surface area contributed by atoms with Gasteiger partial charge in [0.25, 0.3) is 0 Å². The summed E-state index contributed by atoms with van der Waals surface area (Å²) in [4.78, 5) is 0. The third-order valence-electron chi connectivity index (χ3n) is 3.56. The molecule has 1 aromatic rings. The van der Waals surface area contributed by atoms with Crippen molar-refractivity contribution in [3.63, 3.8) is 0 Å². The van der Waals surface area contributed by atoms with Crippen LogP contribution in [0.3, 0.4) is 0 Å². The van der Waals surface area contributed by atoms with Gasteiger partial charge in [0.15, 0.2) is 0 Å². The zero-order valence-electron chi connectivity index (χ0n) is 11.4. The van der Waals surface area contributed by atoms with E-state index in [1.54, 1.807) is 0 Å². The molecule has 0 saturated heterocycles. The molecule has 17 heavy (non-hydrogen) atoms. The average Bonchev–Trinajstić information content (AvgIpc) is 2.86. The normalized spacial score (nSPS) is 23.4. The molecular formula is C13H24N4. The van der Waals surface area contributed by atoms with Gasteiger partial charge in [0.1, 0.15) is 0 Å². The van der Waals surface area contributed by atoms with Gasteiger partial charge in [-0.05, 0) is 38.1 Å². The lowest BCUT2D eigenvalue weighted by atomic mass is 10.1. The van der Waals surface area contributed by atoms with Gasteiger partial charge in [-0.3, -0.25) is 0 Å². The van der Waals surface area contributed by atoms with Gasteiger partial charge < -0.3 is 5.32 Å². The topological polar surface area (TPSA) is 42.7 Å². The van der Waals surface area contributed by atoms with Crippen molar-refractivity contribution in [3.05, 3.63) is 11.4 Å². The minimum absolute atomic E-state index is 0.607. The SMILES string of the molecule is CNCc1nnn(C2CC2C)c1CCC(C)C. The molecule has 1 saturated carbocycles. The summed E-state index contributed by atoms with van der Waals surface area (Å²) in [5.41, 5.74) is 2.48. The smallest absolute Gasteiger partial charge is 0.0996 e. The highest BCUT2D eigenvalue weighted by molar-refractivity contribution is 5.13. The lowest BCUT2D eigenvalue weighted by Crippen LogP contribution is -2.11. The minimum atomic E-state index is 0.607. The second kappa shape index (κ2) is 5.17. The highest BCUT2D eigenvalue weighted by Crippen LogP contribution is 2.43. The van der Waals surface area contributed by atoms with E-state index in [0.29, 0.717) is 6.04 Å². The predicted molar refractivity (Wildman–Crippen MR) is 68.8 cm³/mol. The van der Waals surface area contributed by atoms with Crippen molar-refractivity contribution in [2.45, 2.75) is 52.6 Å². The highest BCUT2D eigenvalue weighted by Gasteiger charge is 2.37. The summed E-state index contributed by atoms with van der Waals surface area (Å²) in [6, 6.07) is 0.607. The fraction of sp³-hybridized carbons (Fsp3) is 0.846. The molecule has 1 aromatic heterocycles. The minimum Gasteiger partial charge on any atom is -0.314 e. The van der Waals surface area contributed by atoms with Crippen molar-refractivity contribution in [2.24, 2.45) is 11.8 Å². The van der Waals surface area contributed by atoms with Crippen LogP contribution in [-0.4, -0.2) is 22.0 Å². The van der Waals surface area contributed by atoms with E-state index in [9.17, 15) is 0 Å². The molecule has 1 N–H and O–H groups in total. The summed E-state index contributed by atoms with van der Waals surface area (Å²) < 4.78 is 2.18. The van der Waals surface area contributed by atoms with Crippen molar-refractivity contribution in [1.82, 2.24) is 20.3 Å². The molecule has 0 spiro atoms. The number of nitrogens with one attached hydrogen (secondary N) is 1. The van der Waals surface area contributed by atoms with Crippen LogP contribution in [0.4, 0.5) is 0 Å². The van der Waals surface area contributed by atoms with Gasteiger partial charge in [-0.1, -0.05) is 26.0 Å². The van der Waals surface area contributed by atoms with Crippen LogP contribution < -0.4 is 5.32 Å². The fourth-order valence-electron chi connectivity index (χ4n) is 2.24. The third kappa shape index (κ3) is 2.86. The van der Waals surface area contributed by atoms with Crippen LogP contribution in [0.1, 0.15) is 51.0 Å². The first-order valence-electron chi connectivity index (χ1n) is 6.71. The molecule has 2 unspecified atom stereocenters. The molecule has 1 fully saturated rings. The monoisotopic (exact) mass is 236 g/mol. The molecule has 1 aliphatic rings. The van der Waals surface area contributed by atoms with Crippen molar-refractivity contribution < 1.29 is 0 Å².